The quantitative estimate of drug-likeness (QED) is 0.508. The van der Waals surface area contributed by atoms with Crippen LogP contribution in [0, 0.1) is 36.0 Å². The minimum Gasteiger partial charge on any atom is -0.307 e. The van der Waals surface area contributed by atoms with E-state index in [2.05, 4.69) is 10.2 Å². The fraction of sp³-hybridized carbons (Fsp3) is 0.0909. The summed E-state index contributed by atoms with van der Waals surface area (Å²) in [4.78, 5) is 11.6. The molecule has 1 aromatic heterocycles. The molecule has 0 unspecified atom stereocenters. The molecule has 0 saturated heterocycles. The lowest BCUT2D eigenvalue weighted by atomic mass is 10.1. The van der Waals surface area contributed by atoms with Gasteiger partial charge in [-0.1, -0.05) is 0 Å². The minimum absolute atomic E-state index is 0.0149. The highest BCUT2D eigenvalue weighted by Crippen LogP contribution is 2.24. The van der Waals surface area contributed by atoms with Gasteiger partial charge in [0.1, 0.15) is 11.4 Å². The number of carbonyl (C=O) groups is 1. The number of anilines is 1. The minimum atomic E-state index is -2.32. The highest BCUT2D eigenvalue weighted by molar-refractivity contribution is 6.04. The highest BCUT2D eigenvalue weighted by Gasteiger charge is 2.30. The molecule has 20 heavy (non-hydrogen) atoms. The van der Waals surface area contributed by atoms with Crippen molar-refractivity contribution in [1.82, 2.24) is 10.2 Å². The van der Waals surface area contributed by atoms with Gasteiger partial charge in [-0.15, -0.1) is 0 Å². The SMILES string of the molecule is Cc1cn[nH]c1NC(=O)c1c(F)c(F)c(F)c(F)c1F. The number of benzene rings is 1. The predicted octanol–water partition coefficient (Wildman–Crippen LogP) is 2.67. The van der Waals surface area contributed by atoms with Gasteiger partial charge in [-0.05, 0) is 6.92 Å². The number of nitrogens with zero attached hydrogens (tertiary/aromatic N) is 1. The van der Waals surface area contributed by atoms with Gasteiger partial charge in [-0.25, -0.2) is 22.0 Å². The number of aromatic amines is 1. The topological polar surface area (TPSA) is 57.8 Å². The monoisotopic (exact) mass is 291 g/mol. The second kappa shape index (κ2) is 4.91. The number of rotatable bonds is 2. The number of halogens is 5. The van der Waals surface area contributed by atoms with E-state index in [9.17, 15) is 26.7 Å². The van der Waals surface area contributed by atoms with E-state index in [0.29, 0.717) is 5.56 Å². The Morgan fingerprint density at radius 3 is 2.00 bits per heavy atom. The van der Waals surface area contributed by atoms with E-state index >= 15 is 0 Å². The molecular weight excluding hydrogens is 285 g/mol. The maximum Gasteiger partial charge on any atom is 0.263 e. The molecule has 0 radical (unpaired) electrons. The fourth-order valence-corrected chi connectivity index (χ4v) is 1.45. The predicted molar refractivity (Wildman–Crippen MR) is 57.5 cm³/mol. The third-order valence-electron chi connectivity index (χ3n) is 2.50. The third kappa shape index (κ3) is 2.10. The molecule has 0 fully saturated rings. The highest BCUT2D eigenvalue weighted by atomic mass is 19.2. The second-order valence-corrected chi connectivity index (χ2v) is 3.83. The summed E-state index contributed by atoms with van der Waals surface area (Å²) in [6.07, 6.45) is 1.30. The summed E-state index contributed by atoms with van der Waals surface area (Å²) < 4.78 is 65.5. The van der Waals surface area contributed by atoms with Crippen molar-refractivity contribution in [1.29, 1.82) is 0 Å². The molecular formula is C11H6F5N3O. The zero-order valence-corrected chi connectivity index (χ0v) is 9.82. The largest absolute Gasteiger partial charge is 0.307 e. The van der Waals surface area contributed by atoms with Crippen LogP contribution in [0.4, 0.5) is 27.8 Å². The Morgan fingerprint density at radius 2 is 1.55 bits per heavy atom. The Bertz CT molecular complexity index is 669. The maximum atomic E-state index is 13.4. The average molecular weight is 291 g/mol. The molecule has 0 aliphatic carbocycles. The first-order valence-electron chi connectivity index (χ1n) is 5.17. The van der Waals surface area contributed by atoms with Crippen molar-refractivity contribution >= 4 is 11.7 Å². The molecule has 0 atom stereocenters. The maximum absolute atomic E-state index is 13.4. The van der Waals surface area contributed by atoms with E-state index in [4.69, 9.17) is 0 Å². The second-order valence-electron chi connectivity index (χ2n) is 3.83. The first kappa shape index (κ1) is 14.0. The van der Waals surface area contributed by atoms with E-state index < -0.39 is 40.6 Å². The van der Waals surface area contributed by atoms with Crippen molar-refractivity contribution in [3.05, 3.63) is 46.4 Å². The Morgan fingerprint density at radius 1 is 1.05 bits per heavy atom. The van der Waals surface area contributed by atoms with Crippen LogP contribution < -0.4 is 5.32 Å². The zero-order chi connectivity index (χ0) is 15.0. The smallest absolute Gasteiger partial charge is 0.263 e. The molecule has 0 spiro atoms. The number of aryl methyl sites for hydroxylation is 1. The standard InChI is InChI=1S/C11H6F5N3O/c1-3-2-17-19-10(3)18-11(20)4-5(12)7(14)9(16)8(15)6(4)13/h2H,1H3,(H2,17,18,19,20). The van der Waals surface area contributed by atoms with Crippen molar-refractivity contribution in [3.63, 3.8) is 0 Å². The molecule has 1 aromatic carbocycles. The van der Waals surface area contributed by atoms with Crippen LogP contribution >= 0.6 is 0 Å². The first-order valence-corrected chi connectivity index (χ1v) is 5.17. The van der Waals surface area contributed by atoms with Crippen molar-refractivity contribution in [3.8, 4) is 0 Å². The number of nitrogens with one attached hydrogen (secondary N) is 2. The summed E-state index contributed by atoms with van der Waals surface area (Å²) in [5, 5.41) is 7.79. The fourth-order valence-electron chi connectivity index (χ4n) is 1.45. The van der Waals surface area contributed by atoms with Gasteiger partial charge < -0.3 is 5.32 Å². The van der Waals surface area contributed by atoms with Gasteiger partial charge in [-0.3, -0.25) is 9.89 Å². The van der Waals surface area contributed by atoms with E-state index in [1.54, 1.807) is 0 Å². The molecule has 1 amide bonds. The van der Waals surface area contributed by atoms with Gasteiger partial charge in [0.05, 0.1) is 6.20 Å². The van der Waals surface area contributed by atoms with Gasteiger partial charge >= 0.3 is 0 Å². The van der Waals surface area contributed by atoms with Crippen molar-refractivity contribution < 1.29 is 26.7 Å². The summed E-state index contributed by atoms with van der Waals surface area (Å²) in [7, 11) is 0. The molecule has 0 aliphatic rings. The van der Waals surface area contributed by atoms with E-state index in [0.717, 1.165) is 0 Å². The molecule has 0 saturated carbocycles. The van der Waals surface area contributed by atoms with E-state index in [1.165, 1.54) is 13.1 Å². The van der Waals surface area contributed by atoms with Crippen LogP contribution in [-0.4, -0.2) is 16.1 Å². The van der Waals surface area contributed by atoms with Crippen LogP contribution in [0.2, 0.25) is 0 Å². The number of H-pyrrole nitrogens is 1. The zero-order valence-electron chi connectivity index (χ0n) is 9.82. The number of hydrogen-bond acceptors (Lipinski definition) is 2. The summed E-state index contributed by atoms with van der Waals surface area (Å²) >= 11 is 0. The summed E-state index contributed by atoms with van der Waals surface area (Å²) in [5.74, 6) is -12.6. The van der Waals surface area contributed by atoms with Crippen LogP contribution in [0.5, 0.6) is 0 Å². The Balaban J connectivity index is 2.48. The van der Waals surface area contributed by atoms with Crippen LogP contribution in [0.1, 0.15) is 15.9 Å². The third-order valence-corrected chi connectivity index (χ3v) is 2.50. The van der Waals surface area contributed by atoms with Gasteiger partial charge in [0.2, 0.25) is 5.82 Å². The van der Waals surface area contributed by atoms with E-state index in [-0.39, 0.29) is 5.82 Å². The molecule has 2 aromatic rings. The molecule has 0 bridgehead atoms. The molecule has 9 heteroatoms. The van der Waals surface area contributed by atoms with Gasteiger partial charge in [-0.2, -0.15) is 5.10 Å². The average Bonchev–Trinajstić information content (AvgIpc) is 2.80. The lowest BCUT2D eigenvalue weighted by Gasteiger charge is -2.08. The van der Waals surface area contributed by atoms with Gasteiger partial charge in [0.15, 0.2) is 23.3 Å². The first-order chi connectivity index (χ1) is 9.34. The lowest BCUT2D eigenvalue weighted by molar-refractivity contribution is 0.101. The van der Waals surface area contributed by atoms with Crippen LogP contribution in [0.25, 0.3) is 0 Å². The summed E-state index contributed by atoms with van der Waals surface area (Å²) in [6, 6.07) is 0. The Hall–Kier alpha value is -2.45. The van der Waals surface area contributed by atoms with Crippen LogP contribution in [0.15, 0.2) is 6.20 Å². The normalized spacial score (nSPS) is 10.7. The number of hydrogen-bond donors (Lipinski definition) is 2. The van der Waals surface area contributed by atoms with Crippen molar-refractivity contribution in [2.24, 2.45) is 0 Å². The van der Waals surface area contributed by atoms with Crippen LogP contribution in [0.3, 0.4) is 0 Å². The molecule has 2 rings (SSSR count). The number of carbonyl (C=O) groups excluding carboxylic acids is 1. The molecule has 4 nitrogen and oxygen atoms in total. The molecule has 1 heterocycles. The molecule has 2 N–H and O–H groups in total. The van der Waals surface area contributed by atoms with Gasteiger partial charge in [0.25, 0.3) is 5.91 Å². The summed E-state index contributed by atoms with van der Waals surface area (Å²) in [5.41, 5.74) is -1.14. The van der Waals surface area contributed by atoms with E-state index in [1.807, 2.05) is 5.32 Å². The number of amides is 1. The molecule has 106 valence electrons. The van der Waals surface area contributed by atoms with Crippen LogP contribution in [-0.2, 0) is 0 Å². The van der Waals surface area contributed by atoms with Crippen molar-refractivity contribution in [2.75, 3.05) is 5.32 Å². The summed E-state index contributed by atoms with van der Waals surface area (Å²) in [6.45, 7) is 1.51. The Labute approximate surface area is 108 Å². The lowest BCUT2D eigenvalue weighted by Crippen LogP contribution is -2.19. The van der Waals surface area contributed by atoms with Gasteiger partial charge in [0, 0.05) is 5.56 Å². The molecule has 0 aliphatic heterocycles. The Kier molecular flexibility index (Phi) is 3.43. The van der Waals surface area contributed by atoms with Crippen molar-refractivity contribution in [2.45, 2.75) is 6.92 Å². The number of aromatic nitrogens is 2.